The van der Waals surface area contributed by atoms with E-state index in [-0.39, 0.29) is 17.2 Å². The third-order valence-corrected chi connectivity index (χ3v) is 5.24. The summed E-state index contributed by atoms with van der Waals surface area (Å²) in [5.74, 6) is 0.453. The molecule has 0 spiro atoms. The van der Waals surface area contributed by atoms with Gasteiger partial charge in [-0.05, 0) is 24.3 Å². The van der Waals surface area contributed by atoms with Crippen LogP contribution in [0.1, 0.15) is 5.69 Å². The monoisotopic (exact) mass is 406 g/mol. The van der Waals surface area contributed by atoms with Gasteiger partial charge in [0.2, 0.25) is 11.7 Å². The zero-order valence-corrected chi connectivity index (χ0v) is 16.3. The van der Waals surface area contributed by atoms with E-state index in [0.717, 1.165) is 5.69 Å². The van der Waals surface area contributed by atoms with E-state index in [4.69, 9.17) is 0 Å². The van der Waals surface area contributed by atoms with Crippen molar-refractivity contribution in [2.75, 3.05) is 5.75 Å². The van der Waals surface area contributed by atoms with Crippen molar-refractivity contribution < 1.29 is 4.79 Å². The van der Waals surface area contributed by atoms with E-state index in [1.807, 2.05) is 36.4 Å². The molecule has 0 unspecified atom stereocenters. The molecular weight excluding hydrogens is 388 g/mol. The maximum Gasteiger partial charge on any atom is 0.263 e. The van der Waals surface area contributed by atoms with Crippen molar-refractivity contribution in [1.29, 1.82) is 0 Å². The number of nitrogens with one attached hydrogen (secondary N) is 1. The smallest absolute Gasteiger partial charge is 0.263 e. The molecule has 3 heterocycles. The van der Waals surface area contributed by atoms with E-state index >= 15 is 0 Å². The van der Waals surface area contributed by atoms with Crippen molar-refractivity contribution in [3.05, 3.63) is 77.4 Å². The first-order valence-electron chi connectivity index (χ1n) is 8.96. The van der Waals surface area contributed by atoms with Gasteiger partial charge in [0.1, 0.15) is 0 Å². The van der Waals surface area contributed by atoms with Crippen LogP contribution in [0, 0.1) is 0 Å². The summed E-state index contributed by atoms with van der Waals surface area (Å²) in [5.41, 5.74) is 1.34. The molecule has 4 aromatic rings. The van der Waals surface area contributed by atoms with Crippen LogP contribution in [0.4, 0.5) is 0 Å². The van der Waals surface area contributed by atoms with Crippen molar-refractivity contribution in [2.24, 2.45) is 0 Å². The van der Waals surface area contributed by atoms with Crippen molar-refractivity contribution in [1.82, 2.24) is 29.5 Å². The summed E-state index contributed by atoms with van der Waals surface area (Å²) in [6.45, 7) is 4.40. The number of pyridine rings is 1. The lowest BCUT2D eigenvalue weighted by molar-refractivity contribution is -0.118. The Bertz CT molecular complexity index is 1250. The first-order chi connectivity index (χ1) is 14.2. The molecular formula is C20H18N6O2S. The maximum atomic E-state index is 12.8. The van der Waals surface area contributed by atoms with Gasteiger partial charge in [-0.1, -0.05) is 36.0 Å². The SMILES string of the molecule is C=CCn1c(=O)c2ccccc2n2c(SCC(=O)NCc3ccccn3)nnc12. The minimum Gasteiger partial charge on any atom is -0.350 e. The number of thioether (sulfide) groups is 1. The second kappa shape index (κ2) is 8.27. The number of rotatable bonds is 7. The third kappa shape index (κ3) is 3.77. The lowest BCUT2D eigenvalue weighted by atomic mass is 10.2. The fourth-order valence-corrected chi connectivity index (χ4v) is 3.76. The van der Waals surface area contributed by atoms with Crippen LogP contribution >= 0.6 is 11.8 Å². The molecule has 0 bridgehead atoms. The van der Waals surface area contributed by atoms with Crippen LogP contribution in [-0.4, -0.2) is 35.8 Å². The third-order valence-electron chi connectivity index (χ3n) is 4.32. The quantitative estimate of drug-likeness (QED) is 0.373. The Morgan fingerprint density at radius 3 is 2.79 bits per heavy atom. The summed E-state index contributed by atoms with van der Waals surface area (Å²) < 4.78 is 3.32. The Morgan fingerprint density at radius 2 is 2.00 bits per heavy atom. The first-order valence-corrected chi connectivity index (χ1v) is 9.94. The number of fused-ring (bicyclic) bond motifs is 3. The molecule has 8 nitrogen and oxygen atoms in total. The van der Waals surface area contributed by atoms with Crippen LogP contribution in [0.25, 0.3) is 16.7 Å². The summed E-state index contributed by atoms with van der Waals surface area (Å²) in [5, 5.41) is 12.3. The van der Waals surface area contributed by atoms with E-state index in [9.17, 15) is 9.59 Å². The summed E-state index contributed by atoms with van der Waals surface area (Å²) in [7, 11) is 0. The molecule has 0 saturated carbocycles. The summed E-state index contributed by atoms with van der Waals surface area (Å²) in [6, 6.07) is 12.8. The summed E-state index contributed by atoms with van der Waals surface area (Å²) in [6.07, 6.45) is 3.33. The molecule has 4 rings (SSSR count). The van der Waals surface area contributed by atoms with E-state index in [2.05, 4.69) is 27.1 Å². The van der Waals surface area contributed by atoms with Crippen LogP contribution in [0.3, 0.4) is 0 Å². The molecule has 0 radical (unpaired) electrons. The van der Waals surface area contributed by atoms with Crippen LogP contribution < -0.4 is 10.9 Å². The molecule has 3 aromatic heterocycles. The Kier molecular flexibility index (Phi) is 5.39. The van der Waals surface area contributed by atoms with E-state index in [1.165, 1.54) is 16.3 Å². The normalized spacial score (nSPS) is 11.0. The molecule has 1 aromatic carbocycles. The predicted molar refractivity (Wildman–Crippen MR) is 112 cm³/mol. The highest BCUT2D eigenvalue weighted by atomic mass is 32.2. The molecule has 0 atom stereocenters. The highest BCUT2D eigenvalue weighted by Gasteiger charge is 2.17. The van der Waals surface area contributed by atoms with E-state index < -0.39 is 0 Å². The van der Waals surface area contributed by atoms with Gasteiger partial charge in [0, 0.05) is 12.7 Å². The zero-order chi connectivity index (χ0) is 20.2. The molecule has 0 aliphatic heterocycles. The molecule has 0 saturated heterocycles. The van der Waals surface area contributed by atoms with Crippen molar-refractivity contribution in [3.63, 3.8) is 0 Å². The highest BCUT2D eigenvalue weighted by Crippen LogP contribution is 2.21. The fraction of sp³-hybridized carbons (Fsp3) is 0.150. The lowest BCUT2D eigenvalue weighted by Gasteiger charge is -2.09. The fourth-order valence-electron chi connectivity index (χ4n) is 2.99. The van der Waals surface area contributed by atoms with Gasteiger partial charge >= 0.3 is 0 Å². The second-order valence-corrected chi connectivity index (χ2v) is 7.17. The average molecular weight is 406 g/mol. The minimum absolute atomic E-state index is 0.138. The standard InChI is InChI=1S/C20H18N6O2S/c1-2-11-25-18(28)15-8-3-4-9-16(15)26-19(25)23-24-20(26)29-13-17(27)22-12-14-7-5-6-10-21-14/h2-10H,1,11-13H2,(H,22,27). The first kappa shape index (κ1) is 18.9. The van der Waals surface area contributed by atoms with Gasteiger partial charge < -0.3 is 5.32 Å². The van der Waals surface area contributed by atoms with Gasteiger partial charge in [-0.15, -0.1) is 16.8 Å². The Labute approximate surface area is 170 Å². The number of amides is 1. The zero-order valence-electron chi connectivity index (χ0n) is 15.5. The van der Waals surface area contributed by atoms with Crippen molar-refractivity contribution in [3.8, 4) is 0 Å². The second-order valence-electron chi connectivity index (χ2n) is 6.23. The predicted octanol–water partition coefficient (Wildman–Crippen LogP) is 2.03. The molecule has 146 valence electrons. The van der Waals surface area contributed by atoms with Gasteiger partial charge in [-0.2, -0.15) is 0 Å². The summed E-state index contributed by atoms with van der Waals surface area (Å²) in [4.78, 5) is 29.2. The average Bonchev–Trinajstić information content (AvgIpc) is 3.18. The van der Waals surface area contributed by atoms with Gasteiger partial charge in [0.15, 0.2) is 5.16 Å². The number of benzene rings is 1. The molecule has 0 aliphatic carbocycles. The Balaban J connectivity index is 1.60. The van der Waals surface area contributed by atoms with Gasteiger partial charge in [-0.25, -0.2) is 0 Å². The maximum absolute atomic E-state index is 12.8. The number of carbonyl (C=O) groups is 1. The summed E-state index contributed by atoms with van der Waals surface area (Å²) >= 11 is 1.26. The largest absolute Gasteiger partial charge is 0.350 e. The van der Waals surface area contributed by atoms with Crippen LogP contribution in [0.5, 0.6) is 0 Å². The van der Waals surface area contributed by atoms with E-state index in [1.54, 1.807) is 22.7 Å². The van der Waals surface area contributed by atoms with Gasteiger partial charge in [0.05, 0.1) is 28.9 Å². The Morgan fingerprint density at radius 1 is 1.17 bits per heavy atom. The number of aromatic nitrogens is 5. The van der Waals surface area contributed by atoms with Crippen molar-refractivity contribution in [2.45, 2.75) is 18.2 Å². The number of hydrogen-bond donors (Lipinski definition) is 1. The van der Waals surface area contributed by atoms with Crippen molar-refractivity contribution >= 4 is 34.3 Å². The molecule has 29 heavy (non-hydrogen) atoms. The number of hydrogen-bond acceptors (Lipinski definition) is 6. The van der Waals surface area contributed by atoms with Crippen LogP contribution in [0.2, 0.25) is 0 Å². The molecule has 1 amide bonds. The molecule has 9 heteroatoms. The number of para-hydroxylation sites is 1. The van der Waals surface area contributed by atoms with Gasteiger partial charge in [-0.3, -0.25) is 23.5 Å². The molecule has 0 aliphatic rings. The van der Waals surface area contributed by atoms with Crippen LogP contribution in [-0.2, 0) is 17.9 Å². The minimum atomic E-state index is -0.148. The van der Waals surface area contributed by atoms with E-state index in [0.29, 0.717) is 34.9 Å². The number of carbonyl (C=O) groups excluding carboxylic acids is 1. The number of allylic oxidation sites excluding steroid dienone is 1. The lowest BCUT2D eigenvalue weighted by Crippen LogP contribution is -2.25. The topological polar surface area (TPSA) is 94.2 Å². The Hall–Kier alpha value is -3.46. The molecule has 1 N–H and O–H groups in total. The van der Waals surface area contributed by atoms with Gasteiger partial charge in [0.25, 0.3) is 5.56 Å². The van der Waals surface area contributed by atoms with Crippen LogP contribution in [0.15, 0.2) is 71.3 Å². The molecule has 0 fully saturated rings. The number of nitrogens with zero attached hydrogens (tertiary/aromatic N) is 5. The highest BCUT2D eigenvalue weighted by molar-refractivity contribution is 7.99.